The number of ether oxygens (including phenoxy) is 1. The molecule has 1 saturated heterocycles. The van der Waals surface area contributed by atoms with E-state index in [0.717, 1.165) is 54.7 Å². The first-order chi connectivity index (χ1) is 15.6. The van der Waals surface area contributed by atoms with Crippen LogP contribution in [0.1, 0.15) is 26.4 Å². The molecule has 8 heteroatoms. The fraction of sp³-hybridized carbons (Fsp3) is 0.292. The van der Waals surface area contributed by atoms with E-state index in [1.807, 2.05) is 24.3 Å². The maximum absolute atomic E-state index is 12.6. The molecule has 0 spiro atoms. The van der Waals surface area contributed by atoms with Crippen LogP contribution in [0, 0.1) is 0 Å². The van der Waals surface area contributed by atoms with Gasteiger partial charge in [0, 0.05) is 43.7 Å². The fourth-order valence-corrected chi connectivity index (χ4v) is 4.95. The summed E-state index contributed by atoms with van der Waals surface area (Å²) < 4.78 is 5.22. The van der Waals surface area contributed by atoms with Crippen LogP contribution in [0.4, 0.5) is 0 Å². The van der Waals surface area contributed by atoms with Crippen LogP contribution >= 0.6 is 11.3 Å². The second-order valence-corrected chi connectivity index (χ2v) is 8.85. The molecule has 0 radical (unpaired) electrons. The van der Waals surface area contributed by atoms with E-state index in [1.165, 1.54) is 4.90 Å². The number of piperazine rings is 1. The lowest BCUT2D eigenvalue weighted by Crippen LogP contribution is -2.50. The van der Waals surface area contributed by atoms with Gasteiger partial charge in [-0.05, 0) is 36.4 Å². The van der Waals surface area contributed by atoms with Crippen LogP contribution in [-0.4, -0.2) is 71.5 Å². The van der Waals surface area contributed by atoms with Crippen molar-refractivity contribution in [2.75, 3.05) is 40.0 Å². The van der Waals surface area contributed by atoms with Gasteiger partial charge in [-0.1, -0.05) is 12.1 Å². The summed E-state index contributed by atoms with van der Waals surface area (Å²) in [5.74, 6) is 0.452. The highest BCUT2D eigenvalue weighted by Gasteiger charge is 2.36. The van der Waals surface area contributed by atoms with Crippen molar-refractivity contribution in [1.29, 1.82) is 0 Å². The quantitative estimate of drug-likeness (QED) is 0.540. The van der Waals surface area contributed by atoms with Gasteiger partial charge in [0.05, 0.1) is 30.6 Å². The van der Waals surface area contributed by atoms with Crippen LogP contribution in [0.5, 0.6) is 5.75 Å². The van der Waals surface area contributed by atoms with Crippen molar-refractivity contribution >= 4 is 23.2 Å². The van der Waals surface area contributed by atoms with E-state index in [9.17, 15) is 9.59 Å². The molecule has 3 aromatic rings. The molecule has 0 aliphatic carbocycles. The van der Waals surface area contributed by atoms with Gasteiger partial charge < -0.3 is 4.74 Å². The Bertz CT molecular complexity index is 1100. The average Bonchev–Trinajstić information content (AvgIpc) is 3.39. The largest absolute Gasteiger partial charge is 0.497 e. The Morgan fingerprint density at radius 2 is 1.53 bits per heavy atom. The predicted octanol–water partition coefficient (Wildman–Crippen LogP) is 3.19. The van der Waals surface area contributed by atoms with Crippen molar-refractivity contribution in [3.63, 3.8) is 0 Å². The maximum atomic E-state index is 12.6. The number of nitrogens with zero attached hydrogens (tertiary/aromatic N) is 4. The number of thiazole rings is 1. The summed E-state index contributed by atoms with van der Waals surface area (Å²) in [5.41, 5.74) is 3.17. The second kappa shape index (κ2) is 8.82. The number of benzene rings is 2. The van der Waals surface area contributed by atoms with Gasteiger partial charge in [0.2, 0.25) is 0 Å². The number of carbonyl (C=O) groups is 2. The fourth-order valence-electron chi connectivity index (χ4n) is 4.13. The third kappa shape index (κ3) is 4.04. The molecule has 7 nitrogen and oxygen atoms in total. The van der Waals surface area contributed by atoms with Gasteiger partial charge in [-0.3, -0.25) is 24.3 Å². The van der Waals surface area contributed by atoms with Crippen LogP contribution in [0.25, 0.3) is 10.6 Å². The number of amides is 2. The van der Waals surface area contributed by atoms with Gasteiger partial charge in [0.25, 0.3) is 11.8 Å². The number of rotatable bonds is 6. The highest BCUT2D eigenvalue weighted by Crippen LogP contribution is 2.27. The van der Waals surface area contributed by atoms with Crippen LogP contribution in [0.2, 0.25) is 0 Å². The van der Waals surface area contributed by atoms with Gasteiger partial charge >= 0.3 is 0 Å². The first-order valence-corrected chi connectivity index (χ1v) is 11.5. The molecule has 2 aliphatic rings. The minimum atomic E-state index is -0.193. The number of carbonyl (C=O) groups excluding carboxylic acids is 2. The Balaban J connectivity index is 1.14. The third-order valence-electron chi connectivity index (χ3n) is 5.96. The first-order valence-electron chi connectivity index (χ1n) is 10.6. The summed E-state index contributed by atoms with van der Waals surface area (Å²) in [4.78, 5) is 35.9. The Labute approximate surface area is 190 Å². The van der Waals surface area contributed by atoms with Gasteiger partial charge in [-0.15, -0.1) is 11.3 Å². The Morgan fingerprint density at radius 3 is 2.16 bits per heavy atom. The zero-order chi connectivity index (χ0) is 22.1. The highest BCUT2D eigenvalue weighted by atomic mass is 32.1. The van der Waals surface area contributed by atoms with Crippen LogP contribution in [-0.2, 0) is 6.54 Å². The van der Waals surface area contributed by atoms with Crippen molar-refractivity contribution < 1.29 is 14.3 Å². The molecule has 3 heterocycles. The second-order valence-electron chi connectivity index (χ2n) is 7.99. The molecular weight excluding hydrogens is 424 g/mol. The molecule has 2 aliphatic heterocycles. The molecule has 0 saturated carbocycles. The van der Waals surface area contributed by atoms with Gasteiger partial charge in [0.15, 0.2) is 0 Å². The summed E-state index contributed by atoms with van der Waals surface area (Å²) in [6.07, 6.45) is 0. The van der Waals surface area contributed by atoms with E-state index in [0.29, 0.717) is 17.8 Å². The Kier molecular flexibility index (Phi) is 5.73. The molecule has 0 bridgehead atoms. The topological polar surface area (TPSA) is 66.0 Å². The molecule has 0 unspecified atom stereocenters. The summed E-state index contributed by atoms with van der Waals surface area (Å²) in [7, 11) is 1.66. The van der Waals surface area contributed by atoms with Gasteiger partial charge in [-0.25, -0.2) is 4.98 Å². The lowest BCUT2D eigenvalue weighted by molar-refractivity contribution is 0.0447. The van der Waals surface area contributed by atoms with Gasteiger partial charge in [-0.2, -0.15) is 0 Å². The van der Waals surface area contributed by atoms with Crippen LogP contribution < -0.4 is 4.74 Å². The lowest BCUT2D eigenvalue weighted by Gasteiger charge is -2.35. The van der Waals surface area contributed by atoms with E-state index >= 15 is 0 Å². The number of hydrogen-bond acceptors (Lipinski definition) is 7. The van der Waals surface area contributed by atoms with Crippen LogP contribution in [0.3, 0.4) is 0 Å². The predicted molar refractivity (Wildman–Crippen MR) is 123 cm³/mol. The minimum absolute atomic E-state index is 0.193. The molecule has 2 aromatic carbocycles. The number of aromatic nitrogens is 1. The molecule has 164 valence electrons. The zero-order valence-electron chi connectivity index (χ0n) is 17.9. The molecule has 1 aromatic heterocycles. The molecular formula is C24H24N4O3S. The van der Waals surface area contributed by atoms with Crippen molar-refractivity contribution in [3.8, 4) is 16.3 Å². The standard InChI is InChI=1S/C24H24N4O3S/c1-31-19-8-6-17(7-9-19)22-25-18(15-32-22)14-26-10-12-27(13-11-26)16-28-23(29)20-4-2-3-5-21(20)24(28)30/h2-9,15H,10-14,16H2,1H3. The molecule has 32 heavy (non-hydrogen) atoms. The van der Waals surface area contributed by atoms with Gasteiger partial charge in [0.1, 0.15) is 10.8 Å². The van der Waals surface area contributed by atoms with E-state index < -0.39 is 0 Å². The molecule has 1 fully saturated rings. The Hall–Kier alpha value is -3.07. The number of fused-ring (bicyclic) bond motifs is 1. The monoisotopic (exact) mass is 448 g/mol. The van der Waals surface area contributed by atoms with E-state index in [-0.39, 0.29) is 11.8 Å². The number of methoxy groups -OCH3 is 1. The molecule has 0 atom stereocenters. The SMILES string of the molecule is COc1ccc(-c2nc(CN3CCN(CN4C(=O)c5ccccc5C4=O)CC3)cs2)cc1. The van der Waals surface area contributed by atoms with E-state index in [1.54, 1.807) is 42.7 Å². The molecule has 0 N–H and O–H groups in total. The number of hydrogen-bond donors (Lipinski definition) is 0. The third-order valence-corrected chi connectivity index (χ3v) is 6.90. The Morgan fingerprint density at radius 1 is 0.906 bits per heavy atom. The maximum Gasteiger partial charge on any atom is 0.262 e. The first kappa shape index (κ1) is 20.8. The summed E-state index contributed by atoms with van der Waals surface area (Å²) >= 11 is 1.65. The highest BCUT2D eigenvalue weighted by molar-refractivity contribution is 7.13. The lowest BCUT2D eigenvalue weighted by atomic mass is 10.1. The summed E-state index contributed by atoms with van der Waals surface area (Å²) in [5, 5.41) is 3.12. The molecule has 2 amide bonds. The van der Waals surface area contributed by atoms with Crippen LogP contribution in [0.15, 0.2) is 53.9 Å². The summed E-state index contributed by atoms with van der Waals surface area (Å²) in [6.45, 7) is 4.51. The number of imide groups is 1. The molecule has 5 rings (SSSR count). The van der Waals surface area contributed by atoms with Crippen molar-refractivity contribution in [1.82, 2.24) is 19.7 Å². The van der Waals surface area contributed by atoms with E-state index in [4.69, 9.17) is 9.72 Å². The summed E-state index contributed by atoms with van der Waals surface area (Å²) in [6, 6.07) is 15.0. The van der Waals surface area contributed by atoms with Crippen molar-refractivity contribution in [2.45, 2.75) is 6.54 Å². The van der Waals surface area contributed by atoms with Crippen molar-refractivity contribution in [3.05, 3.63) is 70.7 Å². The zero-order valence-corrected chi connectivity index (χ0v) is 18.7. The average molecular weight is 449 g/mol. The minimum Gasteiger partial charge on any atom is -0.497 e. The smallest absolute Gasteiger partial charge is 0.262 e. The van der Waals surface area contributed by atoms with Crippen molar-refractivity contribution in [2.24, 2.45) is 0 Å². The normalized spacial score (nSPS) is 17.1. The van der Waals surface area contributed by atoms with E-state index in [2.05, 4.69) is 15.2 Å².